The lowest BCUT2D eigenvalue weighted by molar-refractivity contribution is 0.146. The smallest absolute Gasteiger partial charge is 0.280 e. The van der Waals surface area contributed by atoms with E-state index in [1.165, 1.54) is 12.3 Å². The summed E-state index contributed by atoms with van der Waals surface area (Å²) in [6, 6.07) is 10.2. The minimum absolute atomic E-state index is 0.0289. The zero-order valence-electron chi connectivity index (χ0n) is 8.98. The molecule has 0 saturated heterocycles. The van der Waals surface area contributed by atoms with Gasteiger partial charge in [0, 0.05) is 6.20 Å². The molecule has 1 N–H and O–H groups in total. The topological polar surface area (TPSA) is 33.1 Å². The highest BCUT2D eigenvalue weighted by molar-refractivity contribution is 5.63. The van der Waals surface area contributed by atoms with Gasteiger partial charge in [-0.3, -0.25) is 4.98 Å². The quantitative estimate of drug-likeness (QED) is 0.886. The monoisotopic (exact) mass is 235 g/mol. The Balaban J connectivity index is 2.35. The Hall–Kier alpha value is -1.81. The molecule has 0 bridgehead atoms. The molecule has 2 aromatic rings. The molecule has 17 heavy (non-hydrogen) atoms. The minimum Gasteiger partial charge on any atom is -0.392 e. The van der Waals surface area contributed by atoms with Gasteiger partial charge in [-0.1, -0.05) is 24.3 Å². The SMILES string of the molecule is OCc1ccc(-c2ccnc(C(F)F)c2)cc1. The number of nitrogens with zero attached hydrogens (tertiary/aromatic N) is 1. The summed E-state index contributed by atoms with van der Waals surface area (Å²) in [7, 11) is 0. The van der Waals surface area contributed by atoms with E-state index in [1.54, 1.807) is 30.3 Å². The fourth-order valence-corrected chi connectivity index (χ4v) is 1.55. The summed E-state index contributed by atoms with van der Waals surface area (Å²) >= 11 is 0. The standard InChI is InChI=1S/C13H11F2NO/c14-13(15)12-7-11(5-6-16-12)10-3-1-9(8-17)2-4-10/h1-7,13,17H,8H2. The molecule has 1 heterocycles. The highest BCUT2D eigenvalue weighted by Gasteiger charge is 2.09. The third kappa shape index (κ3) is 2.65. The van der Waals surface area contributed by atoms with Crippen molar-refractivity contribution in [1.82, 2.24) is 4.98 Å². The van der Waals surface area contributed by atoms with Crippen molar-refractivity contribution in [2.75, 3.05) is 0 Å². The van der Waals surface area contributed by atoms with Crippen LogP contribution in [0.2, 0.25) is 0 Å². The van der Waals surface area contributed by atoms with Crippen molar-refractivity contribution in [2.24, 2.45) is 0 Å². The second-order valence-electron chi connectivity index (χ2n) is 3.63. The van der Waals surface area contributed by atoms with E-state index in [1.807, 2.05) is 0 Å². The number of halogens is 2. The maximum atomic E-state index is 12.5. The summed E-state index contributed by atoms with van der Waals surface area (Å²) in [5, 5.41) is 8.91. The summed E-state index contributed by atoms with van der Waals surface area (Å²) in [5.74, 6) is 0. The Bertz CT molecular complexity index is 497. The fraction of sp³-hybridized carbons (Fsp3) is 0.154. The molecule has 1 aromatic heterocycles. The molecule has 0 aliphatic heterocycles. The maximum Gasteiger partial charge on any atom is 0.280 e. The third-order valence-electron chi connectivity index (χ3n) is 2.47. The lowest BCUT2D eigenvalue weighted by atomic mass is 10.0. The second-order valence-corrected chi connectivity index (χ2v) is 3.63. The first-order chi connectivity index (χ1) is 8.20. The molecule has 1 aromatic carbocycles. The second kappa shape index (κ2) is 5.01. The Labute approximate surface area is 97.6 Å². The van der Waals surface area contributed by atoms with E-state index in [-0.39, 0.29) is 12.3 Å². The van der Waals surface area contributed by atoms with Crippen LogP contribution in [0.3, 0.4) is 0 Å². The number of aliphatic hydroxyl groups excluding tert-OH is 1. The Morgan fingerprint density at radius 3 is 2.35 bits per heavy atom. The number of alkyl halides is 2. The average molecular weight is 235 g/mol. The predicted molar refractivity (Wildman–Crippen MR) is 60.6 cm³/mol. The van der Waals surface area contributed by atoms with Crippen LogP contribution in [0.15, 0.2) is 42.6 Å². The van der Waals surface area contributed by atoms with E-state index in [9.17, 15) is 8.78 Å². The number of benzene rings is 1. The van der Waals surface area contributed by atoms with Crippen molar-refractivity contribution in [2.45, 2.75) is 13.0 Å². The van der Waals surface area contributed by atoms with E-state index in [2.05, 4.69) is 4.98 Å². The van der Waals surface area contributed by atoms with Gasteiger partial charge >= 0.3 is 0 Å². The predicted octanol–water partition coefficient (Wildman–Crippen LogP) is 3.18. The van der Waals surface area contributed by atoms with Crippen molar-refractivity contribution in [1.29, 1.82) is 0 Å². The van der Waals surface area contributed by atoms with Crippen molar-refractivity contribution in [3.8, 4) is 11.1 Å². The minimum atomic E-state index is -2.56. The van der Waals surface area contributed by atoms with Gasteiger partial charge in [-0.2, -0.15) is 0 Å². The molecule has 2 nitrogen and oxygen atoms in total. The van der Waals surface area contributed by atoms with Crippen LogP contribution in [0.4, 0.5) is 8.78 Å². The number of aliphatic hydroxyl groups is 1. The van der Waals surface area contributed by atoms with E-state index >= 15 is 0 Å². The average Bonchev–Trinajstić information content (AvgIpc) is 2.39. The Kier molecular flexibility index (Phi) is 3.44. The van der Waals surface area contributed by atoms with Gasteiger partial charge in [0.15, 0.2) is 0 Å². The summed E-state index contributed by atoms with van der Waals surface area (Å²) in [5.41, 5.74) is 2.08. The summed E-state index contributed by atoms with van der Waals surface area (Å²) < 4.78 is 25.0. The van der Waals surface area contributed by atoms with Crippen LogP contribution in [0.5, 0.6) is 0 Å². The van der Waals surface area contributed by atoms with Crippen LogP contribution in [0.25, 0.3) is 11.1 Å². The summed E-state index contributed by atoms with van der Waals surface area (Å²) in [6.45, 7) is -0.0289. The highest BCUT2D eigenvalue weighted by atomic mass is 19.3. The summed E-state index contributed by atoms with van der Waals surface area (Å²) in [4.78, 5) is 3.61. The highest BCUT2D eigenvalue weighted by Crippen LogP contribution is 2.24. The molecule has 4 heteroatoms. The molecule has 0 radical (unpaired) electrons. The molecule has 0 atom stereocenters. The lowest BCUT2D eigenvalue weighted by Crippen LogP contribution is -1.90. The lowest BCUT2D eigenvalue weighted by Gasteiger charge is -2.05. The normalized spacial score (nSPS) is 10.8. The van der Waals surface area contributed by atoms with Gasteiger partial charge < -0.3 is 5.11 Å². The molecule has 0 saturated carbocycles. The molecular formula is C13H11F2NO. The van der Waals surface area contributed by atoms with Crippen LogP contribution in [0, 0.1) is 0 Å². The van der Waals surface area contributed by atoms with E-state index in [0.717, 1.165) is 11.1 Å². The van der Waals surface area contributed by atoms with E-state index in [4.69, 9.17) is 5.11 Å². The van der Waals surface area contributed by atoms with Crippen LogP contribution < -0.4 is 0 Å². The van der Waals surface area contributed by atoms with Gasteiger partial charge in [-0.15, -0.1) is 0 Å². The van der Waals surface area contributed by atoms with Crippen molar-refractivity contribution >= 4 is 0 Å². The Morgan fingerprint density at radius 2 is 1.76 bits per heavy atom. The van der Waals surface area contributed by atoms with Gasteiger partial charge in [0.1, 0.15) is 5.69 Å². The number of hydrogen-bond donors (Lipinski definition) is 1. The van der Waals surface area contributed by atoms with Gasteiger partial charge in [-0.05, 0) is 28.8 Å². The van der Waals surface area contributed by atoms with Gasteiger partial charge in [0.05, 0.1) is 6.61 Å². The van der Waals surface area contributed by atoms with Crippen LogP contribution >= 0.6 is 0 Å². The Morgan fingerprint density at radius 1 is 1.06 bits per heavy atom. The molecule has 0 aliphatic rings. The zero-order chi connectivity index (χ0) is 12.3. The van der Waals surface area contributed by atoms with Crippen molar-refractivity contribution in [3.05, 3.63) is 53.9 Å². The molecule has 88 valence electrons. The van der Waals surface area contributed by atoms with E-state index < -0.39 is 6.43 Å². The van der Waals surface area contributed by atoms with Gasteiger partial charge in [0.2, 0.25) is 0 Å². The van der Waals surface area contributed by atoms with Crippen LogP contribution in [-0.2, 0) is 6.61 Å². The molecule has 0 aliphatic carbocycles. The molecule has 0 spiro atoms. The molecule has 0 fully saturated rings. The molecule has 2 rings (SSSR count). The third-order valence-corrected chi connectivity index (χ3v) is 2.47. The first kappa shape index (κ1) is 11.7. The van der Waals surface area contributed by atoms with Crippen LogP contribution in [-0.4, -0.2) is 10.1 Å². The number of pyridine rings is 1. The largest absolute Gasteiger partial charge is 0.392 e. The van der Waals surface area contributed by atoms with E-state index in [0.29, 0.717) is 5.56 Å². The number of aromatic nitrogens is 1. The first-order valence-corrected chi connectivity index (χ1v) is 5.15. The van der Waals surface area contributed by atoms with Crippen molar-refractivity contribution < 1.29 is 13.9 Å². The number of rotatable bonds is 3. The summed E-state index contributed by atoms with van der Waals surface area (Å²) in [6.07, 6.45) is -1.19. The zero-order valence-corrected chi connectivity index (χ0v) is 8.98. The molecular weight excluding hydrogens is 224 g/mol. The first-order valence-electron chi connectivity index (χ1n) is 5.15. The number of hydrogen-bond acceptors (Lipinski definition) is 2. The molecule has 0 amide bonds. The van der Waals surface area contributed by atoms with Gasteiger partial charge in [-0.25, -0.2) is 8.78 Å². The fourth-order valence-electron chi connectivity index (χ4n) is 1.55. The molecule has 0 unspecified atom stereocenters. The van der Waals surface area contributed by atoms with Gasteiger partial charge in [0.25, 0.3) is 6.43 Å². The van der Waals surface area contributed by atoms with Crippen molar-refractivity contribution in [3.63, 3.8) is 0 Å². The van der Waals surface area contributed by atoms with Crippen LogP contribution in [0.1, 0.15) is 17.7 Å². The maximum absolute atomic E-state index is 12.5.